The maximum absolute atomic E-state index is 14.2. The highest BCUT2D eigenvalue weighted by Gasteiger charge is 2.38. The zero-order valence-corrected chi connectivity index (χ0v) is 25.3. The highest BCUT2D eigenvalue weighted by molar-refractivity contribution is 5.96. The molecule has 11 N–H and O–H groups in total. The van der Waals surface area contributed by atoms with Crippen LogP contribution < -0.4 is 33.2 Å². The lowest BCUT2D eigenvalue weighted by Gasteiger charge is -2.32. The van der Waals surface area contributed by atoms with Gasteiger partial charge in [-0.15, -0.1) is 0 Å². The number of carbonyl (C=O) groups is 3. The number of nitrogens with two attached hydrogens (primary N) is 3. The molecule has 12 nitrogen and oxygen atoms in total. The van der Waals surface area contributed by atoms with Crippen LogP contribution in [0.4, 0.5) is 0 Å². The second-order valence-corrected chi connectivity index (χ2v) is 11.0. The Balaban J connectivity index is 1.84. The van der Waals surface area contributed by atoms with Gasteiger partial charge >= 0.3 is 0 Å². The van der Waals surface area contributed by atoms with Crippen LogP contribution in [0.3, 0.4) is 0 Å². The molecule has 0 bridgehead atoms. The van der Waals surface area contributed by atoms with Crippen LogP contribution >= 0.6 is 0 Å². The van der Waals surface area contributed by atoms with Crippen molar-refractivity contribution < 1.29 is 19.1 Å². The van der Waals surface area contributed by atoms with Gasteiger partial charge in [0, 0.05) is 12.1 Å². The van der Waals surface area contributed by atoms with Gasteiger partial charge in [-0.25, -0.2) is 0 Å². The van der Waals surface area contributed by atoms with Crippen LogP contribution in [-0.4, -0.2) is 54.8 Å². The smallest absolute Gasteiger partial charge is 0.245 e. The lowest BCUT2D eigenvalue weighted by Crippen LogP contribution is -2.57. The van der Waals surface area contributed by atoms with Crippen LogP contribution in [0.1, 0.15) is 42.0 Å². The number of carbonyl (C=O) groups excluding carboxylic acids is 3. The molecule has 3 aromatic rings. The van der Waals surface area contributed by atoms with Crippen molar-refractivity contribution in [1.82, 2.24) is 16.0 Å². The van der Waals surface area contributed by atoms with Gasteiger partial charge in [-0.3, -0.25) is 25.2 Å². The number of nitrogen functional groups attached to an aromatic ring is 1. The zero-order chi connectivity index (χ0) is 32.8. The number of guanidine groups is 1. The van der Waals surface area contributed by atoms with E-state index < -0.39 is 35.2 Å². The van der Waals surface area contributed by atoms with Crippen LogP contribution in [0.25, 0.3) is 0 Å². The molecular weight excluding hydrogens is 572 g/mol. The van der Waals surface area contributed by atoms with Crippen LogP contribution in [0.2, 0.25) is 0 Å². The maximum Gasteiger partial charge on any atom is 0.245 e. The molecule has 0 spiro atoms. The molecule has 0 radical (unpaired) electrons. The Morgan fingerprint density at radius 2 is 1.44 bits per heavy atom. The molecule has 3 amide bonds. The van der Waals surface area contributed by atoms with E-state index in [9.17, 15) is 14.4 Å². The molecule has 0 aliphatic heterocycles. The minimum absolute atomic E-state index is 0.0566. The third kappa shape index (κ3) is 10.5. The van der Waals surface area contributed by atoms with Crippen molar-refractivity contribution in [3.05, 3.63) is 107 Å². The predicted molar refractivity (Wildman–Crippen MR) is 173 cm³/mol. The van der Waals surface area contributed by atoms with E-state index in [0.717, 1.165) is 16.7 Å². The average Bonchev–Trinajstić information content (AvgIpc) is 3.02. The molecule has 238 valence electrons. The summed E-state index contributed by atoms with van der Waals surface area (Å²) < 4.78 is 5.87. The SMILES string of the molecule is C[C@@](Cc1ccc(C(=N)N)cc1)(C(=O)N[C@@H](COCc1ccccc1)C(=O)NC(CCCNC(=N)N)C(N)=O)c1ccccc1. The third-order valence-corrected chi connectivity index (χ3v) is 7.40. The summed E-state index contributed by atoms with van der Waals surface area (Å²) in [5, 5.41) is 23.1. The number of amidine groups is 1. The molecule has 3 atom stereocenters. The molecule has 3 aromatic carbocycles. The highest BCUT2D eigenvalue weighted by Crippen LogP contribution is 2.29. The Bertz CT molecular complexity index is 1450. The Morgan fingerprint density at radius 3 is 2.02 bits per heavy atom. The molecule has 0 aliphatic carbocycles. The standard InChI is InChI=1S/C33H42N8O4/c1-33(25-11-6-3-7-12-25,19-22-14-16-24(17-15-22)28(34)35)31(44)41-27(21-45-20-23-9-4-2-5-10-23)30(43)40-26(29(36)42)13-8-18-39-32(37)38/h2-7,9-12,14-17,26-27H,8,13,18-21H2,1H3,(H3,34,35)(H2,36,42)(H,40,43)(H,41,44)(H4,37,38,39)/t26?,27-,33-/m0/s1. The van der Waals surface area contributed by atoms with E-state index in [1.807, 2.05) is 72.8 Å². The van der Waals surface area contributed by atoms with Crippen molar-refractivity contribution in [1.29, 1.82) is 10.8 Å². The molecule has 3 rings (SSSR count). The molecule has 0 fully saturated rings. The van der Waals surface area contributed by atoms with Crippen LogP contribution in [0.15, 0.2) is 84.9 Å². The number of amides is 3. The van der Waals surface area contributed by atoms with Crippen LogP contribution in [0, 0.1) is 10.8 Å². The molecule has 0 aromatic heterocycles. The number of benzene rings is 3. The van der Waals surface area contributed by atoms with E-state index in [1.54, 1.807) is 19.1 Å². The number of hydrogen-bond acceptors (Lipinski definition) is 6. The number of hydrogen-bond donors (Lipinski definition) is 8. The van der Waals surface area contributed by atoms with E-state index in [4.69, 9.17) is 32.8 Å². The fraction of sp³-hybridized carbons (Fsp3) is 0.303. The minimum Gasteiger partial charge on any atom is -0.384 e. The maximum atomic E-state index is 14.2. The highest BCUT2D eigenvalue weighted by atomic mass is 16.5. The van der Waals surface area contributed by atoms with E-state index >= 15 is 0 Å². The molecular formula is C33H42N8O4. The Labute approximate surface area is 263 Å². The van der Waals surface area contributed by atoms with Gasteiger partial charge in [-0.2, -0.15) is 0 Å². The van der Waals surface area contributed by atoms with Crippen molar-refractivity contribution in [2.45, 2.75) is 50.3 Å². The number of nitrogens with one attached hydrogen (secondary N) is 5. The third-order valence-electron chi connectivity index (χ3n) is 7.40. The Morgan fingerprint density at radius 1 is 0.822 bits per heavy atom. The first-order valence-electron chi connectivity index (χ1n) is 14.6. The first-order chi connectivity index (χ1) is 21.5. The predicted octanol–water partition coefficient (Wildman–Crippen LogP) is 1.41. The minimum atomic E-state index is -1.15. The molecule has 1 unspecified atom stereocenters. The first kappa shape index (κ1) is 34.3. The van der Waals surface area contributed by atoms with Crippen molar-refractivity contribution in [2.24, 2.45) is 17.2 Å². The van der Waals surface area contributed by atoms with Gasteiger partial charge < -0.3 is 37.9 Å². The Kier molecular flexibility index (Phi) is 12.6. The number of primary amides is 1. The quantitative estimate of drug-likeness (QED) is 0.0633. The molecule has 0 saturated heterocycles. The van der Waals surface area contributed by atoms with Crippen molar-refractivity contribution in [2.75, 3.05) is 13.2 Å². The van der Waals surface area contributed by atoms with Crippen LogP contribution in [0.5, 0.6) is 0 Å². The molecule has 0 heterocycles. The first-order valence-corrected chi connectivity index (χ1v) is 14.6. The number of ether oxygens (including phenoxy) is 1. The number of rotatable bonds is 17. The summed E-state index contributed by atoms with van der Waals surface area (Å²) in [5.41, 5.74) is 18.4. The van der Waals surface area contributed by atoms with Gasteiger partial charge in [-0.1, -0.05) is 84.9 Å². The molecule has 0 aliphatic rings. The van der Waals surface area contributed by atoms with Gasteiger partial charge in [0.05, 0.1) is 18.6 Å². The molecule has 0 saturated carbocycles. The summed E-state index contributed by atoms with van der Waals surface area (Å²) in [6.45, 7) is 2.15. The van der Waals surface area contributed by atoms with E-state index in [-0.39, 0.29) is 37.9 Å². The summed E-state index contributed by atoms with van der Waals surface area (Å²) >= 11 is 0. The second-order valence-electron chi connectivity index (χ2n) is 11.0. The van der Waals surface area contributed by atoms with Gasteiger partial charge in [0.1, 0.15) is 17.9 Å². The summed E-state index contributed by atoms with van der Waals surface area (Å²) in [5.74, 6) is -2.04. The van der Waals surface area contributed by atoms with Gasteiger partial charge in [-0.05, 0) is 42.9 Å². The van der Waals surface area contributed by atoms with Gasteiger partial charge in [0.25, 0.3) is 0 Å². The summed E-state index contributed by atoms with van der Waals surface area (Å²) in [4.78, 5) is 39.9. The van der Waals surface area contributed by atoms with E-state index in [2.05, 4.69) is 16.0 Å². The van der Waals surface area contributed by atoms with Gasteiger partial charge in [0.15, 0.2) is 5.96 Å². The average molecular weight is 615 g/mol. The molecule has 45 heavy (non-hydrogen) atoms. The van der Waals surface area contributed by atoms with Crippen molar-refractivity contribution >= 4 is 29.5 Å². The van der Waals surface area contributed by atoms with E-state index in [0.29, 0.717) is 18.5 Å². The summed E-state index contributed by atoms with van der Waals surface area (Å²) in [6, 6.07) is 23.5. The lowest BCUT2D eigenvalue weighted by atomic mass is 9.76. The van der Waals surface area contributed by atoms with Crippen molar-refractivity contribution in [3.63, 3.8) is 0 Å². The van der Waals surface area contributed by atoms with Crippen LogP contribution in [-0.2, 0) is 37.6 Å². The zero-order valence-electron chi connectivity index (χ0n) is 25.3. The lowest BCUT2D eigenvalue weighted by molar-refractivity contribution is -0.135. The second kappa shape index (κ2) is 16.6. The largest absolute Gasteiger partial charge is 0.384 e. The topological polar surface area (TPSA) is 222 Å². The summed E-state index contributed by atoms with van der Waals surface area (Å²) in [7, 11) is 0. The van der Waals surface area contributed by atoms with Crippen molar-refractivity contribution in [3.8, 4) is 0 Å². The monoisotopic (exact) mass is 614 g/mol. The fourth-order valence-corrected chi connectivity index (χ4v) is 4.79. The normalized spacial score (nSPS) is 13.4. The molecule has 12 heteroatoms. The van der Waals surface area contributed by atoms with Gasteiger partial charge in [0.2, 0.25) is 17.7 Å². The van der Waals surface area contributed by atoms with E-state index in [1.165, 1.54) is 0 Å². The Hall–Kier alpha value is -5.23. The summed E-state index contributed by atoms with van der Waals surface area (Å²) in [6.07, 6.45) is 0.891. The fourth-order valence-electron chi connectivity index (χ4n) is 4.79.